The number of nitrogens with zero attached hydrogens (tertiary/aromatic N) is 3. The smallest absolute Gasteiger partial charge is 0.321 e. The lowest BCUT2D eigenvalue weighted by Crippen LogP contribution is -2.44. The van der Waals surface area contributed by atoms with Gasteiger partial charge in [0.05, 0.1) is 22.9 Å². The molecule has 172 valence electrons. The van der Waals surface area contributed by atoms with Crippen molar-refractivity contribution < 1.29 is 17.9 Å². The monoisotopic (exact) mass is 466 g/mol. The predicted molar refractivity (Wildman–Crippen MR) is 126 cm³/mol. The molecule has 0 atom stereocenters. The molecule has 0 unspecified atom stereocenters. The van der Waals surface area contributed by atoms with Crippen molar-refractivity contribution in [2.45, 2.75) is 29.9 Å². The van der Waals surface area contributed by atoms with Gasteiger partial charge in [-0.1, -0.05) is 18.2 Å². The molecular formula is C24H26N4O4S. The molecule has 0 radical (unpaired) electrons. The minimum atomic E-state index is -3.49. The van der Waals surface area contributed by atoms with Crippen molar-refractivity contribution in [3.05, 3.63) is 66.7 Å². The second-order valence-corrected chi connectivity index (χ2v) is 10.2. The number of anilines is 1. The third kappa shape index (κ3) is 4.98. The van der Waals surface area contributed by atoms with Gasteiger partial charge < -0.3 is 15.0 Å². The van der Waals surface area contributed by atoms with Crippen molar-refractivity contribution in [3.8, 4) is 16.9 Å². The van der Waals surface area contributed by atoms with E-state index in [1.165, 1.54) is 6.33 Å². The van der Waals surface area contributed by atoms with Crippen LogP contribution < -0.4 is 10.1 Å². The number of piperidine rings is 1. The highest BCUT2D eigenvalue weighted by molar-refractivity contribution is 7.92. The Morgan fingerprint density at radius 2 is 1.70 bits per heavy atom. The van der Waals surface area contributed by atoms with Crippen LogP contribution in [0.3, 0.4) is 0 Å². The van der Waals surface area contributed by atoms with E-state index in [9.17, 15) is 13.2 Å². The van der Waals surface area contributed by atoms with Gasteiger partial charge in [-0.3, -0.25) is 0 Å². The van der Waals surface area contributed by atoms with E-state index in [1.807, 2.05) is 19.1 Å². The molecule has 0 bridgehead atoms. The zero-order valence-electron chi connectivity index (χ0n) is 18.6. The molecule has 1 saturated heterocycles. The van der Waals surface area contributed by atoms with E-state index in [0.29, 0.717) is 37.4 Å². The first kappa shape index (κ1) is 22.7. The van der Waals surface area contributed by atoms with Gasteiger partial charge in [-0.05, 0) is 55.2 Å². The molecule has 1 N–H and O–H groups in total. The topological polar surface area (TPSA) is 101 Å². The van der Waals surface area contributed by atoms with E-state index in [2.05, 4.69) is 15.3 Å². The van der Waals surface area contributed by atoms with E-state index in [-0.39, 0.29) is 10.9 Å². The number of aromatic nitrogens is 2. The fourth-order valence-electron chi connectivity index (χ4n) is 3.96. The Hall–Kier alpha value is -3.46. The molecule has 0 aliphatic carbocycles. The summed E-state index contributed by atoms with van der Waals surface area (Å²) in [5.74, 6) is 0.580. The Balaban J connectivity index is 1.40. The Bertz CT molecular complexity index is 1220. The van der Waals surface area contributed by atoms with Crippen LogP contribution in [0.5, 0.6) is 5.75 Å². The SMILES string of the molecule is COc1ccc(C)cc1NC(=O)N1CCC(S(=O)(=O)c2ccc(-c3cncnc3)cc2)CC1. The maximum atomic E-state index is 13.2. The third-order valence-corrected chi connectivity index (χ3v) is 8.12. The quantitative estimate of drug-likeness (QED) is 0.611. The van der Waals surface area contributed by atoms with Crippen LogP contribution in [-0.4, -0.2) is 54.8 Å². The van der Waals surface area contributed by atoms with Crippen molar-refractivity contribution >= 4 is 21.6 Å². The van der Waals surface area contributed by atoms with Crippen molar-refractivity contribution in [1.29, 1.82) is 0 Å². The first-order chi connectivity index (χ1) is 15.9. The van der Waals surface area contributed by atoms with Gasteiger partial charge in [0.1, 0.15) is 12.1 Å². The molecule has 2 amide bonds. The van der Waals surface area contributed by atoms with Gasteiger partial charge in [0.25, 0.3) is 0 Å². The van der Waals surface area contributed by atoms with Gasteiger partial charge in [-0.25, -0.2) is 23.2 Å². The average molecular weight is 467 g/mol. The largest absolute Gasteiger partial charge is 0.495 e. The van der Waals surface area contributed by atoms with Crippen LogP contribution in [0.25, 0.3) is 11.1 Å². The Morgan fingerprint density at radius 1 is 1.03 bits per heavy atom. The summed E-state index contributed by atoms with van der Waals surface area (Å²) in [6.45, 7) is 2.66. The second-order valence-electron chi connectivity index (χ2n) is 8.02. The normalized spacial score (nSPS) is 14.7. The molecule has 0 saturated carbocycles. The molecule has 1 aromatic heterocycles. The van der Waals surface area contributed by atoms with Crippen LogP contribution >= 0.6 is 0 Å². The first-order valence-corrected chi connectivity index (χ1v) is 12.2. The van der Waals surface area contributed by atoms with Crippen molar-refractivity contribution in [2.24, 2.45) is 0 Å². The van der Waals surface area contributed by atoms with Crippen LogP contribution in [0.1, 0.15) is 18.4 Å². The number of ether oxygens (including phenoxy) is 1. The second kappa shape index (κ2) is 9.58. The van der Waals surface area contributed by atoms with E-state index in [1.54, 1.807) is 54.7 Å². The summed E-state index contributed by atoms with van der Waals surface area (Å²) in [6, 6.07) is 12.1. The van der Waals surface area contributed by atoms with Crippen molar-refractivity contribution in [2.75, 3.05) is 25.5 Å². The highest BCUT2D eigenvalue weighted by Crippen LogP contribution is 2.29. The molecule has 9 heteroatoms. The summed E-state index contributed by atoms with van der Waals surface area (Å²) in [5.41, 5.74) is 3.28. The number of carbonyl (C=O) groups excluding carboxylic acids is 1. The van der Waals surface area contributed by atoms with Crippen LogP contribution in [0.2, 0.25) is 0 Å². The number of methoxy groups -OCH3 is 1. The predicted octanol–water partition coefficient (Wildman–Crippen LogP) is 3.93. The molecular weight excluding hydrogens is 440 g/mol. The summed E-state index contributed by atoms with van der Waals surface area (Å²) in [7, 11) is -1.94. The van der Waals surface area contributed by atoms with Crippen molar-refractivity contribution in [3.63, 3.8) is 0 Å². The highest BCUT2D eigenvalue weighted by atomic mass is 32.2. The molecule has 0 spiro atoms. The summed E-state index contributed by atoms with van der Waals surface area (Å²) < 4.78 is 31.6. The molecule has 1 fully saturated rings. The number of rotatable bonds is 5. The molecule has 2 aromatic carbocycles. The number of aryl methyl sites for hydroxylation is 1. The number of hydrogen-bond acceptors (Lipinski definition) is 6. The van der Waals surface area contributed by atoms with E-state index in [4.69, 9.17) is 4.74 Å². The number of nitrogens with one attached hydrogen (secondary N) is 1. The van der Waals surface area contributed by atoms with Gasteiger partial charge in [0.2, 0.25) is 0 Å². The molecule has 1 aliphatic heterocycles. The Labute approximate surface area is 193 Å². The van der Waals surface area contributed by atoms with E-state index < -0.39 is 15.1 Å². The Morgan fingerprint density at radius 3 is 2.33 bits per heavy atom. The van der Waals surface area contributed by atoms with Crippen molar-refractivity contribution in [1.82, 2.24) is 14.9 Å². The number of benzene rings is 2. The lowest BCUT2D eigenvalue weighted by Gasteiger charge is -2.32. The van der Waals surface area contributed by atoms with Gasteiger partial charge in [-0.2, -0.15) is 0 Å². The maximum Gasteiger partial charge on any atom is 0.321 e. The number of likely N-dealkylation sites (tertiary alicyclic amines) is 1. The minimum Gasteiger partial charge on any atom is -0.495 e. The number of amides is 2. The molecule has 4 rings (SSSR count). The molecule has 8 nitrogen and oxygen atoms in total. The number of urea groups is 1. The zero-order valence-corrected chi connectivity index (χ0v) is 19.4. The summed E-state index contributed by atoms with van der Waals surface area (Å²) >= 11 is 0. The van der Waals surface area contributed by atoms with Gasteiger partial charge >= 0.3 is 6.03 Å². The standard InChI is InChI=1S/C24H26N4O4S/c1-17-3-8-23(32-2)22(13-17)27-24(29)28-11-9-21(10-12-28)33(30,31)20-6-4-18(5-7-20)19-14-25-16-26-15-19/h3-8,13-16,21H,9-12H2,1-2H3,(H,27,29). The van der Waals surface area contributed by atoms with Crippen LogP contribution in [0.15, 0.2) is 66.1 Å². The molecule has 33 heavy (non-hydrogen) atoms. The molecule has 3 aromatic rings. The fraction of sp³-hybridized carbons (Fsp3) is 0.292. The van der Waals surface area contributed by atoms with E-state index in [0.717, 1.165) is 16.7 Å². The van der Waals surface area contributed by atoms with Crippen LogP contribution in [0, 0.1) is 6.92 Å². The van der Waals surface area contributed by atoms with Gasteiger partial charge in [0, 0.05) is 31.0 Å². The lowest BCUT2D eigenvalue weighted by atomic mass is 10.1. The summed E-state index contributed by atoms with van der Waals surface area (Å²) in [5, 5.41) is 2.35. The summed E-state index contributed by atoms with van der Waals surface area (Å²) in [6.07, 6.45) is 5.59. The van der Waals surface area contributed by atoms with Gasteiger partial charge in [0.15, 0.2) is 9.84 Å². The van der Waals surface area contributed by atoms with Crippen LogP contribution in [0.4, 0.5) is 10.5 Å². The van der Waals surface area contributed by atoms with Crippen LogP contribution in [-0.2, 0) is 9.84 Å². The minimum absolute atomic E-state index is 0.260. The maximum absolute atomic E-state index is 13.2. The number of sulfone groups is 1. The Kier molecular flexibility index (Phi) is 6.60. The van der Waals surface area contributed by atoms with E-state index >= 15 is 0 Å². The highest BCUT2D eigenvalue weighted by Gasteiger charge is 2.33. The molecule has 1 aliphatic rings. The number of carbonyl (C=O) groups is 1. The first-order valence-electron chi connectivity index (χ1n) is 10.7. The summed E-state index contributed by atoms with van der Waals surface area (Å²) in [4.78, 5) is 22.7. The number of hydrogen-bond donors (Lipinski definition) is 1. The lowest BCUT2D eigenvalue weighted by molar-refractivity contribution is 0.200. The van der Waals surface area contributed by atoms with Gasteiger partial charge in [-0.15, -0.1) is 0 Å². The zero-order chi connectivity index (χ0) is 23.4. The molecule has 2 heterocycles. The average Bonchev–Trinajstić information content (AvgIpc) is 2.85. The third-order valence-electron chi connectivity index (χ3n) is 5.84. The fourth-order valence-corrected chi connectivity index (χ4v) is 5.69.